The standard InChI is InChI=1S/C16H19ClO2/c17-15-10-8-14(9-11-15)13-6-4-12(5-7-13)2-1-3-16(18)19/h1-2,8-13H,3-7H2,(H,18,19)/t12-,13-. The second kappa shape index (κ2) is 6.76. The van der Waals surface area contributed by atoms with Gasteiger partial charge in [0.2, 0.25) is 0 Å². The molecule has 0 amide bonds. The fourth-order valence-electron chi connectivity index (χ4n) is 2.74. The van der Waals surface area contributed by atoms with E-state index >= 15 is 0 Å². The lowest BCUT2D eigenvalue weighted by Gasteiger charge is -2.27. The first-order valence-electron chi connectivity index (χ1n) is 6.79. The van der Waals surface area contributed by atoms with Gasteiger partial charge >= 0.3 is 5.97 Å². The first-order valence-corrected chi connectivity index (χ1v) is 7.17. The van der Waals surface area contributed by atoms with Gasteiger partial charge in [-0.2, -0.15) is 0 Å². The van der Waals surface area contributed by atoms with E-state index in [-0.39, 0.29) is 6.42 Å². The van der Waals surface area contributed by atoms with Crippen molar-refractivity contribution < 1.29 is 9.90 Å². The SMILES string of the molecule is O=C(O)CC=C[C@H]1CC[C@H](c2ccc(Cl)cc2)CC1. The van der Waals surface area contributed by atoms with Crippen LogP contribution in [0.15, 0.2) is 36.4 Å². The third-order valence-electron chi connectivity index (χ3n) is 3.81. The number of carboxylic acid groups (broad SMARTS) is 1. The average molecular weight is 279 g/mol. The van der Waals surface area contributed by atoms with E-state index in [9.17, 15) is 4.79 Å². The summed E-state index contributed by atoms with van der Waals surface area (Å²) in [6.07, 6.45) is 8.62. The summed E-state index contributed by atoms with van der Waals surface area (Å²) in [7, 11) is 0. The third kappa shape index (κ3) is 4.39. The van der Waals surface area contributed by atoms with Gasteiger partial charge < -0.3 is 5.11 Å². The number of allylic oxidation sites excluding steroid dienone is 1. The van der Waals surface area contributed by atoms with Gasteiger partial charge in [-0.3, -0.25) is 4.79 Å². The maximum atomic E-state index is 10.4. The van der Waals surface area contributed by atoms with Crippen molar-refractivity contribution in [3.05, 3.63) is 47.0 Å². The largest absolute Gasteiger partial charge is 0.481 e. The van der Waals surface area contributed by atoms with E-state index in [1.165, 1.54) is 18.4 Å². The third-order valence-corrected chi connectivity index (χ3v) is 4.07. The van der Waals surface area contributed by atoms with E-state index in [1.807, 2.05) is 12.1 Å². The summed E-state index contributed by atoms with van der Waals surface area (Å²) in [6.45, 7) is 0. The first kappa shape index (κ1) is 14.1. The number of hydrogen-bond donors (Lipinski definition) is 1. The zero-order chi connectivity index (χ0) is 13.7. The monoisotopic (exact) mass is 278 g/mol. The molecule has 1 aliphatic rings. The molecule has 0 unspecified atom stereocenters. The summed E-state index contributed by atoms with van der Waals surface area (Å²) in [5, 5.41) is 9.38. The van der Waals surface area contributed by atoms with Crippen molar-refractivity contribution in [2.24, 2.45) is 5.92 Å². The number of halogens is 1. The Hall–Kier alpha value is -1.28. The lowest BCUT2D eigenvalue weighted by atomic mass is 9.78. The molecule has 0 atom stereocenters. The lowest BCUT2D eigenvalue weighted by Crippen LogP contribution is -2.11. The molecule has 0 bridgehead atoms. The van der Waals surface area contributed by atoms with Gasteiger partial charge in [0.15, 0.2) is 0 Å². The fraction of sp³-hybridized carbons (Fsp3) is 0.438. The molecule has 2 rings (SSSR count). The highest BCUT2D eigenvalue weighted by molar-refractivity contribution is 6.30. The summed E-state index contributed by atoms with van der Waals surface area (Å²) >= 11 is 5.90. The quantitative estimate of drug-likeness (QED) is 0.814. The summed E-state index contributed by atoms with van der Waals surface area (Å²) in [5.74, 6) is 0.412. The lowest BCUT2D eigenvalue weighted by molar-refractivity contribution is -0.136. The molecule has 1 fully saturated rings. The Kier molecular flexibility index (Phi) is 5.03. The molecule has 2 nitrogen and oxygen atoms in total. The fourth-order valence-corrected chi connectivity index (χ4v) is 2.87. The van der Waals surface area contributed by atoms with Gasteiger partial charge in [0.05, 0.1) is 6.42 Å². The normalized spacial score (nSPS) is 23.6. The Bertz CT molecular complexity index is 442. The number of carbonyl (C=O) groups is 1. The Balaban J connectivity index is 1.83. The van der Waals surface area contributed by atoms with Crippen LogP contribution in [-0.4, -0.2) is 11.1 Å². The molecule has 0 saturated heterocycles. The van der Waals surface area contributed by atoms with E-state index in [0.29, 0.717) is 11.8 Å². The minimum Gasteiger partial charge on any atom is -0.481 e. The van der Waals surface area contributed by atoms with Crippen LogP contribution in [0.3, 0.4) is 0 Å². The Morgan fingerprint density at radius 1 is 1.21 bits per heavy atom. The molecule has 19 heavy (non-hydrogen) atoms. The number of aliphatic carboxylic acids is 1. The van der Waals surface area contributed by atoms with Crippen LogP contribution < -0.4 is 0 Å². The number of rotatable bonds is 4. The molecule has 0 aliphatic heterocycles. The maximum Gasteiger partial charge on any atom is 0.307 e. The molecule has 1 aliphatic carbocycles. The van der Waals surface area contributed by atoms with Crippen LogP contribution in [-0.2, 0) is 4.79 Å². The molecule has 0 heterocycles. The van der Waals surface area contributed by atoms with Crippen LogP contribution in [0.5, 0.6) is 0 Å². The van der Waals surface area contributed by atoms with Crippen LogP contribution >= 0.6 is 11.6 Å². The zero-order valence-electron chi connectivity index (χ0n) is 10.9. The molecule has 102 valence electrons. The highest BCUT2D eigenvalue weighted by Crippen LogP contribution is 2.36. The van der Waals surface area contributed by atoms with E-state index in [1.54, 1.807) is 6.08 Å². The Labute approximate surface area is 119 Å². The minimum atomic E-state index is -0.758. The van der Waals surface area contributed by atoms with E-state index in [4.69, 9.17) is 16.7 Å². The van der Waals surface area contributed by atoms with Crippen molar-refractivity contribution in [2.45, 2.75) is 38.0 Å². The topological polar surface area (TPSA) is 37.3 Å². The van der Waals surface area contributed by atoms with Gasteiger partial charge in [-0.05, 0) is 55.2 Å². The van der Waals surface area contributed by atoms with Crippen molar-refractivity contribution in [2.75, 3.05) is 0 Å². The van der Waals surface area contributed by atoms with Crippen LogP contribution in [0.2, 0.25) is 5.02 Å². The van der Waals surface area contributed by atoms with Crippen LogP contribution in [0, 0.1) is 5.92 Å². The van der Waals surface area contributed by atoms with Crippen molar-refractivity contribution >= 4 is 17.6 Å². The van der Waals surface area contributed by atoms with Crippen molar-refractivity contribution in [3.8, 4) is 0 Å². The van der Waals surface area contributed by atoms with Crippen LogP contribution in [0.25, 0.3) is 0 Å². The van der Waals surface area contributed by atoms with Gasteiger partial charge in [0.25, 0.3) is 0 Å². The second-order valence-electron chi connectivity index (χ2n) is 5.19. The molecule has 0 spiro atoms. The van der Waals surface area contributed by atoms with Gasteiger partial charge in [-0.15, -0.1) is 0 Å². The Morgan fingerprint density at radius 3 is 2.42 bits per heavy atom. The van der Waals surface area contributed by atoms with Gasteiger partial charge in [0.1, 0.15) is 0 Å². The smallest absolute Gasteiger partial charge is 0.307 e. The molecule has 1 aromatic carbocycles. The molecule has 0 radical (unpaired) electrons. The molecule has 1 saturated carbocycles. The number of carboxylic acids is 1. The molecule has 1 aromatic rings. The molecular weight excluding hydrogens is 260 g/mol. The van der Waals surface area contributed by atoms with Crippen molar-refractivity contribution in [1.82, 2.24) is 0 Å². The van der Waals surface area contributed by atoms with Crippen LogP contribution in [0.1, 0.15) is 43.6 Å². The summed E-state index contributed by atoms with van der Waals surface area (Å²) in [5.41, 5.74) is 1.37. The van der Waals surface area contributed by atoms with Crippen molar-refractivity contribution in [1.29, 1.82) is 0 Å². The zero-order valence-corrected chi connectivity index (χ0v) is 11.6. The Morgan fingerprint density at radius 2 is 1.84 bits per heavy atom. The molecule has 3 heteroatoms. The van der Waals surface area contributed by atoms with E-state index < -0.39 is 5.97 Å². The predicted molar refractivity (Wildman–Crippen MR) is 77.5 cm³/mol. The van der Waals surface area contributed by atoms with Crippen LogP contribution in [0.4, 0.5) is 0 Å². The molecule has 0 aromatic heterocycles. The predicted octanol–water partition coefficient (Wildman–Crippen LogP) is 4.64. The molecular formula is C16H19ClO2. The van der Waals surface area contributed by atoms with E-state index in [2.05, 4.69) is 18.2 Å². The summed E-state index contributed by atoms with van der Waals surface area (Å²) < 4.78 is 0. The van der Waals surface area contributed by atoms with Gasteiger partial charge in [-0.25, -0.2) is 0 Å². The second-order valence-corrected chi connectivity index (χ2v) is 5.63. The first-order chi connectivity index (χ1) is 9.15. The minimum absolute atomic E-state index is 0.136. The maximum absolute atomic E-state index is 10.4. The van der Waals surface area contributed by atoms with Gasteiger partial charge in [0, 0.05) is 5.02 Å². The molecule has 1 N–H and O–H groups in total. The number of hydrogen-bond acceptors (Lipinski definition) is 1. The summed E-state index contributed by atoms with van der Waals surface area (Å²) in [4.78, 5) is 10.4. The van der Waals surface area contributed by atoms with Crippen molar-refractivity contribution in [3.63, 3.8) is 0 Å². The highest BCUT2D eigenvalue weighted by atomic mass is 35.5. The number of benzene rings is 1. The summed E-state index contributed by atoms with van der Waals surface area (Å²) in [6, 6.07) is 8.15. The van der Waals surface area contributed by atoms with E-state index in [0.717, 1.165) is 17.9 Å². The average Bonchev–Trinajstić information content (AvgIpc) is 2.40. The van der Waals surface area contributed by atoms with Gasteiger partial charge in [-0.1, -0.05) is 35.9 Å². The highest BCUT2D eigenvalue weighted by Gasteiger charge is 2.20.